The molecule has 0 aliphatic rings. The van der Waals surface area contributed by atoms with Crippen molar-refractivity contribution in [2.75, 3.05) is 7.11 Å². The van der Waals surface area contributed by atoms with Gasteiger partial charge in [-0.2, -0.15) is 0 Å². The fourth-order valence-electron chi connectivity index (χ4n) is 2.16. The number of aldehydes is 1. The Morgan fingerprint density at radius 1 is 1.09 bits per heavy atom. The van der Waals surface area contributed by atoms with Crippen molar-refractivity contribution in [3.63, 3.8) is 0 Å². The number of carbonyl (C=O) groups excluding carboxylic acids is 1. The van der Waals surface area contributed by atoms with Gasteiger partial charge in [0.15, 0.2) is 6.29 Å². The van der Waals surface area contributed by atoms with Crippen LogP contribution < -0.4 is 4.74 Å². The van der Waals surface area contributed by atoms with Crippen molar-refractivity contribution in [3.05, 3.63) is 59.7 Å². The van der Waals surface area contributed by atoms with Gasteiger partial charge in [0.25, 0.3) is 0 Å². The smallest absolute Gasteiger partial charge is 0.152 e. The highest BCUT2D eigenvalue weighted by Gasteiger charge is 2.09. The fourth-order valence-corrected chi connectivity index (χ4v) is 3.03. The van der Waals surface area contributed by atoms with Gasteiger partial charge < -0.3 is 4.74 Å². The molecule has 0 unspecified atom stereocenters. The van der Waals surface area contributed by atoms with Crippen LogP contribution >= 0.6 is 11.8 Å². The molecular weight excluding hydrogens is 294 g/mol. The molecule has 3 rings (SSSR count). The summed E-state index contributed by atoms with van der Waals surface area (Å²) in [7, 11) is 1.62. The second kappa shape index (κ2) is 6.20. The summed E-state index contributed by atoms with van der Waals surface area (Å²) < 4.78 is 5.21. The molecule has 0 saturated heterocycles. The second-order valence-corrected chi connectivity index (χ2v) is 6.04. The summed E-state index contributed by atoms with van der Waals surface area (Å²) in [6.45, 7) is 2.05. The lowest BCUT2D eigenvalue weighted by Gasteiger charge is -2.08. The van der Waals surface area contributed by atoms with Crippen molar-refractivity contribution >= 4 is 29.0 Å². The maximum atomic E-state index is 11.4. The van der Waals surface area contributed by atoms with Gasteiger partial charge in [-0.05, 0) is 43.3 Å². The van der Waals surface area contributed by atoms with E-state index in [-0.39, 0.29) is 0 Å². The van der Waals surface area contributed by atoms with E-state index in [9.17, 15) is 4.79 Å². The highest BCUT2D eigenvalue weighted by atomic mass is 32.2. The molecule has 3 nitrogen and oxygen atoms in total. The number of pyridine rings is 1. The number of aryl methyl sites for hydroxylation is 1. The summed E-state index contributed by atoms with van der Waals surface area (Å²) in [5, 5.41) is 1.62. The molecule has 0 atom stereocenters. The Bertz CT molecular complexity index is 828. The largest absolute Gasteiger partial charge is 0.497 e. The lowest BCUT2D eigenvalue weighted by Crippen LogP contribution is -1.92. The summed E-state index contributed by atoms with van der Waals surface area (Å²) in [4.78, 5) is 17.1. The monoisotopic (exact) mass is 309 g/mol. The first kappa shape index (κ1) is 14.6. The zero-order valence-corrected chi connectivity index (χ0v) is 13.2. The summed E-state index contributed by atoms with van der Waals surface area (Å²) in [6, 6.07) is 15.7. The first-order chi connectivity index (χ1) is 10.7. The van der Waals surface area contributed by atoms with Crippen LogP contribution in [0.3, 0.4) is 0 Å². The molecule has 4 heteroatoms. The standard InChI is InChI=1S/C18H15NO2S/c1-12-3-6-16(7-4-12)22-18-14(11-20)9-13-10-15(21-2)5-8-17(13)19-18/h3-11H,1-2H3. The van der Waals surface area contributed by atoms with Gasteiger partial charge in [0, 0.05) is 15.8 Å². The van der Waals surface area contributed by atoms with Crippen LogP contribution in [0.15, 0.2) is 58.5 Å². The van der Waals surface area contributed by atoms with Crippen LogP contribution in [0.25, 0.3) is 10.9 Å². The van der Waals surface area contributed by atoms with Crippen LogP contribution in [0.5, 0.6) is 5.75 Å². The van der Waals surface area contributed by atoms with Gasteiger partial charge in [-0.25, -0.2) is 4.98 Å². The van der Waals surface area contributed by atoms with Gasteiger partial charge in [0.1, 0.15) is 10.8 Å². The molecule has 0 aliphatic heterocycles. The third-order valence-corrected chi connectivity index (χ3v) is 4.41. The maximum Gasteiger partial charge on any atom is 0.152 e. The molecule has 0 N–H and O–H groups in total. The average molecular weight is 309 g/mol. The van der Waals surface area contributed by atoms with Crippen LogP contribution in [-0.2, 0) is 0 Å². The zero-order chi connectivity index (χ0) is 15.5. The lowest BCUT2D eigenvalue weighted by molar-refractivity contribution is 0.112. The lowest BCUT2D eigenvalue weighted by atomic mass is 10.1. The van der Waals surface area contributed by atoms with E-state index >= 15 is 0 Å². The first-order valence-electron chi connectivity index (χ1n) is 6.88. The number of hydrogen-bond acceptors (Lipinski definition) is 4. The molecule has 110 valence electrons. The summed E-state index contributed by atoms with van der Waals surface area (Å²) in [6.07, 6.45) is 0.850. The van der Waals surface area contributed by atoms with E-state index in [1.54, 1.807) is 7.11 Å². The van der Waals surface area contributed by atoms with Crippen molar-refractivity contribution in [1.29, 1.82) is 0 Å². The van der Waals surface area contributed by atoms with E-state index in [2.05, 4.69) is 17.1 Å². The summed E-state index contributed by atoms with van der Waals surface area (Å²) in [5.74, 6) is 0.755. The van der Waals surface area contributed by atoms with E-state index in [1.807, 2.05) is 43.3 Å². The van der Waals surface area contributed by atoms with E-state index in [0.717, 1.165) is 32.9 Å². The number of ether oxygens (including phenoxy) is 1. The Hall–Kier alpha value is -2.33. The van der Waals surface area contributed by atoms with Crippen LogP contribution in [0, 0.1) is 6.92 Å². The van der Waals surface area contributed by atoms with Crippen molar-refractivity contribution in [2.45, 2.75) is 16.8 Å². The molecule has 0 radical (unpaired) electrons. The van der Waals surface area contributed by atoms with Crippen molar-refractivity contribution in [2.24, 2.45) is 0 Å². The van der Waals surface area contributed by atoms with Gasteiger partial charge in [-0.3, -0.25) is 4.79 Å². The second-order valence-electron chi connectivity index (χ2n) is 4.97. The van der Waals surface area contributed by atoms with Gasteiger partial charge >= 0.3 is 0 Å². The van der Waals surface area contributed by atoms with E-state index < -0.39 is 0 Å². The number of rotatable bonds is 4. The number of aromatic nitrogens is 1. The molecule has 1 aromatic heterocycles. The number of benzene rings is 2. The van der Waals surface area contributed by atoms with E-state index in [0.29, 0.717) is 5.56 Å². The quantitative estimate of drug-likeness (QED) is 0.664. The number of fused-ring (bicyclic) bond motifs is 1. The van der Waals surface area contributed by atoms with Crippen LogP contribution in [0.4, 0.5) is 0 Å². The van der Waals surface area contributed by atoms with Gasteiger partial charge in [0.05, 0.1) is 12.6 Å². The van der Waals surface area contributed by atoms with Crippen LogP contribution in [-0.4, -0.2) is 18.4 Å². The maximum absolute atomic E-state index is 11.4. The molecule has 0 spiro atoms. The fraction of sp³-hybridized carbons (Fsp3) is 0.111. The third-order valence-electron chi connectivity index (χ3n) is 3.38. The predicted molar refractivity (Wildman–Crippen MR) is 89.0 cm³/mol. The molecule has 1 heterocycles. The Balaban J connectivity index is 2.04. The number of carbonyl (C=O) groups is 1. The number of hydrogen-bond donors (Lipinski definition) is 0. The van der Waals surface area contributed by atoms with Gasteiger partial charge in [0.2, 0.25) is 0 Å². The average Bonchev–Trinajstić information content (AvgIpc) is 2.55. The Morgan fingerprint density at radius 3 is 2.55 bits per heavy atom. The molecular formula is C18H15NO2S. The SMILES string of the molecule is COc1ccc2nc(Sc3ccc(C)cc3)c(C=O)cc2c1. The number of nitrogens with zero attached hydrogens (tertiary/aromatic N) is 1. The van der Waals surface area contributed by atoms with E-state index in [1.165, 1.54) is 17.3 Å². The third kappa shape index (κ3) is 2.97. The van der Waals surface area contributed by atoms with Gasteiger partial charge in [-0.1, -0.05) is 29.5 Å². The molecule has 0 fully saturated rings. The van der Waals surface area contributed by atoms with Crippen LogP contribution in [0.2, 0.25) is 0 Å². The Kier molecular flexibility index (Phi) is 4.11. The van der Waals surface area contributed by atoms with Crippen molar-refractivity contribution < 1.29 is 9.53 Å². The van der Waals surface area contributed by atoms with Crippen LogP contribution in [0.1, 0.15) is 15.9 Å². The molecule has 0 amide bonds. The number of methoxy groups -OCH3 is 1. The summed E-state index contributed by atoms with van der Waals surface area (Å²) in [5.41, 5.74) is 2.64. The van der Waals surface area contributed by atoms with Crippen molar-refractivity contribution in [3.8, 4) is 5.75 Å². The predicted octanol–water partition coefficient (Wildman–Crippen LogP) is 4.52. The Labute approximate surface area is 133 Å². The first-order valence-corrected chi connectivity index (χ1v) is 7.70. The molecule has 2 aromatic carbocycles. The minimum atomic E-state index is 0.589. The van der Waals surface area contributed by atoms with E-state index in [4.69, 9.17) is 4.74 Å². The normalized spacial score (nSPS) is 10.6. The highest BCUT2D eigenvalue weighted by molar-refractivity contribution is 7.99. The van der Waals surface area contributed by atoms with Crippen molar-refractivity contribution in [1.82, 2.24) is 4.98 Å². The van der Waals surface area contributed by atoms with Gasteiger partial charge in [-0.15, -0.1) is 0 Å². The minimum absolute atomic E-state index is 0.589. The Morgan fingerprint density at radius 2 is 1.86 bits per heavy atom. The zero-order valence-electron chi connectivity index (χ0n) is 12.4. The molecule has 22 heavy (non-hydrogen) atoms. The molecule has 0 aliphatic carbocycles. The molecule has 0 bridgehead atoms. The molecule has 3 aromatic rings. The summed E-state index contributed by atoms with van der Waals surface area (Å²) >= 11 is 1.50. The molecule has 0 saturated carbocycles. The minimum Gasteiger partial charge on any atom is -0.497 e. The highest BCUT2D eigenvalue weighted by Crippen LogP contribution is 2.31. The topological polar surface area (TPSA) is 39.2 Å².